The van der Waals surface area contributed by atoms with Crippen LogP contribution in [0.3, 0.4) is 0 Å². The van der Waals surface area contributed by atoms with Gasteiger partial charge in [-0.05, 0) is 5.92 Å². The highest BCUT2D eigenvalue weighted by Crippen LogP contribution is 2.15. The van der Waals surface area contributed by atoms with Crippen molar-refractivity contribution in [3.05, 3.63) is 10.0 Å². The van der Waals surface area contributed by atoms with Crippen LogP contribution in [0.4, 0.5) is 0 Å². The third-order valence-electron chi connectivity index (χ3n) is 1.79. The van der Waals surface area contributed by atoms with Gasteiger partial charge in [-0.25, -0.2) is 0 Å². The summed E-state index contributed by atoms with van der Waals surface area (Å²) in [6, 6.07) is 0. The number of hydrogen-bond acceptors (Lipinski definition) is 4. The highest BCUT2D eigenvalue weighted by Gasteiger charge is 2.08. The minimum Gasteiger partial charge on any atom is -0.384 e. The van der Waals surface area contributed by atoms with Crippen LogP contribution >= 0.6 is 22.9 Å². The van der Waals surface area contributed by atoms with Gasteiger partial charge in [0.1, 0.15) is 10.0 Å². The average Bonchev–Trinajstić information content (AvgIpc) is 2.53. The van der Waals surface area contributed by atoms with Crippen molar-refractivity contribution in [2.75, 3.05) is 19.6 Å². The molecule has 0 aliphatic rings. The van der Waals surface area contributed by atoms with Gasteiger partial charge in [-0.15, -0.1) is 33.1 Å². The van der Waals surface area contributed by atoms with Crippen molar-refractivity contribution in [3.63, 3.8) is 0 Å². The van der Waals surface area contributed by atoms with Gasteiger partial charge < -0.3 is 4.74 Å². The molecule has 0 aromatic carbocycles. The normalized spacial score (nSPS) is 13.1. The maximum absolute atomic E-state index is 5.62. The molecule has 1 aromatic rings. The van der Waals surface area contributed by atoms with Gasteiger partial charge in [-0.2, -0.15) is 0 Å². The standard InChI is InChI=1S/C9H15ClN2OS/c1-7(6-13-2)5-9-12-11-8(14-9)3-4-10/h7H,3-6H2,1-2H3. The minimum absolute atomic E-state index is 0.497. The summed E-state index contributed by atoms with van der Waals surface area (Å²) < 4.78 is 5.07. The molecule has 0 amide bonds. The molecule has 1 heterocycles. The molecule has 1 rings (SSSR count). The molecule has 1 aromatic heterocycles. The van der Waals surface area contributed by atoms with E-state index >= 15 is 0 Å². The molecule has 0 saturated heterocycles. The molecule has 80 valence electrons. The summed E-state index contributed by atoms with van der Waals surface area (Å²) in [6.07, 6.45) is 1.76. The highest BCUT2D eigenvalue weighted by molar-refractivity contribution is 7.11. The molecule has 0 saturated carbocycles. The van der Waals surface area contributed by atoms with E-state index in [0.717, 1.165) is 29.5 Å². The van der Waals surface area contributed by atoms with E-state index in [0.29, 0.717) is 11.8 Å². The predicted molar refractivity (Wildman–Crippen MR) is 59.1 cm³/mol. The number of alkyl halides is 1. The molecule has 0 N–H and O–H groups in total. The molecule has 0 aliphatic heterocycles. The zero-order valence-electron chi connectivity index (χ0n) is 8.49. The van der Waals surface area contributed by atoms with E-state index in [-0.39, 0.29) is 0 Å². The number of hydrogen-bond donors (Lipinski definition) is 0. The molecular weight excluding hydrogens is 220 g/mol. The van der Waals surface area contributed by atoms with Crippen LogP contribution in [0.5, 0.6) is 0 Å². The fraction of sp³-hybridized carbons (Fsp3) is 0.778. The van der Waals surface area contributed by atoms with E-state index in [1.54, 1.807) is 18.4 Å². The molecule has 14 heavy (non-hydrogen) atoms. The first-order chi connectivity index (χ1) is 6.76. The van der Waals surface area contributed by atoms with Gasteiger partial charge in [0.05, 0.1) is 0 Å². The second kappa shape index (κ2) is 6.32. The van der Waals surface area contributed by atoms with Gasteiger partial charge in [-0.3, -0.25) is 0 Å². The van der Waals surface area contributed by atoms with Crippen LogP contribution in [0, 0.1) is 5.92 Å². The SMILES string of the molecule is COCC(C)Cc1nnc(CCCl)s1. The van der Waals surface area contributed by atoms with Crippen molar-refractivity contribution in [1.29, 1.82) is 0 Å². The smallest absolute Gasteiger partial charge is 0.118 e. The van der Waals surface area contributed by atoms with E-state index in [9.17, 15) is 0 Å². The first-order valence-electron chi connectivity index (χ1n) is 4.62. The topological polar surface area (TPSA) is 35.0 Å². The van der Waals surface area contributed by atoms with Crippen LogP contribution < -0.4 is 0 Å². The zero-order valence-corrected chi connectivity index (χ0v) is 10.1. The Kier molecular flexibility index (Phi) is 5.37. The minimum atomic E-state index is 0.497. The molecule has 5 heteroatoms. The highest BCUT2D eigenvalue weighted by atomic mass is 35.5. The lowest BCUT2D eigenvalue weighted by Gasteiger charge is -2.05. The van der Waals surface area contributed by atoms with Crippen molar-refractivity contribution >= 4 is 22.9 Å². The van der Waals surface area contributed by atoms with Crippen LogP contribution in [0.2, 0.25) is 0 Å². The molecule has 0 aliphatic carbocycles. The summed E-state index contributed by atoms with van der Waals surface area (Å²) in [7, 11) is 1.72. The summed E-state index contributed by atoms with van der Waals surface area (Å²) >= 11 is 7.27. The van der Waals surface area contributed by atoms with Crippen LogP contribution in [0.1, 0.15) is 16.9 Å². The Morgan fingerprint density at radius 1 is 1.43 bits per heavy atom. The Balaban J connectivity index is 2.42. The van der Waals surface area contributed by atoms with Gasteiger partial charge in [-0.1, -0.05) is 6.92 Å². The lowest BCUT2D eigenvalue weighted by molar-refractivity contribution is 0.159. The van der Waals surface area contributed by atoms with E-state index in [1.807, 2.05) is 0 Å². The number of methoxy groups -OCH3 is 1. The van der Waals surface area contributed by atoms with Gasteiger partial charge in [0.25, 0.3) is 0 Å². The van der Waals surface area contributed by atoms with Crippen molar-refractivity contribution in [3.8, 4) is 0 Å². The second-order valence-corrected chi connectivity index (χ2v) is 4.82. The first kappa shape index (κ1) is 11.9. The fourth-order valence-corrected chi connectivity index (χ4v) is 2.49. The monoisotopic (exact) mass is 234 g/mol. The molecule has 1 unspecified atom stereocenters. The first-order valence-corrected chi connectivity index (χ1v) is 5.97. The van der Waals surface area contributed by atoms with Gasteiger partial charge in [0.15, 0.2) is 0 Å². The van der Waals surface area contributed by atoms with E-state index in [1.165, 1.54) is 0 Å². The Bertz CT molecular complexity index is 267. The molecule has 0 bridgehead atoms. The van der Waals surface area contributed by atoms with Gasteiger partial charge >= 0.3 is 0 Å². The van der Waals surface area contributed by atoms with E-state index < -0.39 is 0 Å². The molecule has 0 spiro atoms. The van der Waals surface area contributed by atoms with E-state index in [2.05, 4.69) is 17.1 Å². The maximum atomic E-state index is 5.62. The summed E-state index contributed by atoms with van der Waals surface area (Å²) in [5.74, 6) is 1.11. The number of nitrogens with zero attached hydrogens (tertiary/aromatic N) is 2. The van der Waals surface area contributed by atoms with E-state index in [4.69, 9.17) is 16.3 Å². The third kappa shape index (κ3) is 3.90. The van der Waals surface area contributed by atoms with Crippen LogP contribution in [-0.2, 0) is 17.6 Å². The van der Waals surface area contributed by atoms with Crippen LogP contribution in [0.25, 0.3) is 0 Å². The third-order valence-corrected chi connectivity index (χ3v) is 2.99. The Hall–Kier alpha value is -0.190. The summed E-state index contributed by atoms with van der Waals surface area (Å²) in [5, 5.41) is 10.3. The van der Waals surface area contributed by atoms with Crippen molar-refractivity contribution in [1.82, 2.24) is 10.2 Å². The number of aryl methyl sites for hydroxylation is 1. The fourth-order valence-electron chi connectivity index (χ4n) is 1.19. The van der Waals surface area contributed by atoms with Crippen molar-refractivity contribution in [2.45, 2.75) is 19.8 Å². The number of rotatable bonds is 6. The predicted octanol–water partition coefficient (Wildman–Crippen LogP) is 2.14. The molecule has 0 fully saturated rings. The van der Waals surface area contributed by atoms with Gasteiger partial charge in [0.2, 0.25) is 0 Å². The van der Waals surface area contributed by atoms with Gasteiger partial charge in [0, 0.05) is 32.4 Å². The second-order valence-electron chi connectivity index (χ2n) is 3.29. The quantitative estimate of drug-likeness (QED) is 0.708. The van der Waals surface area contributed by atoms with Crippen molar-refractivity contribution < 1.29 is 4.74 Å². The number of aromatic nitrogens is 2. The lowest BCUT2D eigenvalue weighted by Crippen LogP contribution is -2.06. The summed E-state index contributed by atoms with van der Waals surface area (Å²) in [6.45, 7) is 2.91. The Morgan fingerprint density at radius 2 is 2.14 bits per heavy atom. The number of ether oxygens (including phenoxy) is 1. The molecule has 0 radical (unpaired) electrons. The van der Waals surface area contributed by atoms with Crippen LogP contribution in [0.15, 0.2) is 0 Å². The summed E-state index contributed by atoms with van der Waals surface area (Å²) in [4.78, 5) is 0. The zero-order chi connectivity index (χ0) is 10.4. The largest absolute Gasteiger partial charge is 0.384 e. The molecular formula is C9H15ClN2OS. The average molecular weight is 235 g/mol. The Morgan fingerprint density at radius 3 is 2.79 bits per heavy atom. The summed E-state index contributed by atoms with van der Waals surface area (Å²) in [5.41, 5.74) is 0. The lowest BCUT2D eigenvalue weighted by atomic mass is 10.1. The Labute approximate surface area is 93.5 Å². The number of halogens is 1. The van der Waals surface area contributed by atoms with Crippen molar-refractivity contribution in [2.24, 2.45) is 5.92 Å². The van der Waals surface area contributed by atoms with Crippen LogP contribution in [-0.4, -0.2) is 29.8 Å². The molecule has 1 atom stereocenters. The molecule has 3 nitrogen and oxygen atoms in total. The maximum Gasteiger partial charge on any atom is 0.118 e.